The van der Waals surface area contributed by atoms with E-state index in [9.17, 15) is 9.90 Å². The molecule has 4 heterocycles. The highest BCUT2D eigenvalue weighted by Crippen LogP contribution is 2.28. The predicted molar refractivity (Wildman–Crippen MR) is 126 cm³/mol. The number of aliphatic hydroxyl groups is 1. The van der Waals surface area contributed by atoms with Crippen LogP contribution in [0, 0.1) is 6.92 Å². The van der Waals surface area contributed by atoms with Crippen molar-refractivity contribution in [1.29, 1.82) is 0 Å². The second kappa shape index (κ2) is 9.22. The number of anilines is 3. The van der Waals surface area contributed by atoms with Crippen LogP contribution in [0.1, 0.15) is 12.1 Å². The Morgan fingerprint density at radius 3 is 2.85 bits per heavy atom. The molecule has 0 saturated carbocycles. The fraction of sp³-hybridized carbons (Fsp3) is 0.273. The molecule has 33 heavy (non-hydrogen) atoms. The van der Waals surface area contributed by atoms with Crippen LogP contribution >= 0.6 is 11.8 Å². The van der Waals surface area contributed by atoms with Crippen LogP contribution in [0.15, 0.2) is 58.7 Å². The van der Waals surface area contributed by atoms with E-state index < -0.39 is 0 Å². The lowest BCUT2D eigenvalue weighted by molar-refractivity contribution is -0.117. The minimum atomic E-state index is -0.332. The molecule has 1 aliphatic heterocycles. The number of nitrogens with one attached hydrogen (secondary N) is 3. The van der Waals surface area contributed by atoms with Gasteiger partial charge in [-0.2, -0.15) is 10.1 Å². The van der Waals surface area contributed by atoms with E-state index in [0.717, 1.165) is 34.9 Å². The number of aryl methyl sites for hydroxylation is 1. The van der Waals surface area contributed by atoms with Gasteiger partial charge in [0.15, 0.2) is 11.0 Å². The molecule has 4 N–H and O–H groups in total. The van der Waals surface area contributed by atoms with Crippen molar-refractivity contribution in [1.82, 2.24) is 29.5 Å². The normalized spacial score (nSPS) is 16.4. The molecule has 3 aromatic heterocycles. The summed E-state index contributed by atoms with van der Waals surface area (Å²) >= 11 is 1.44. The number of hydrogen-bond acceptors (Lipinski definition) is 8. The van der Waals surface area contributed by atoms with Gasteiger partial charge in [0.05, 0.1) is 12.6 Å². The van der Waals surface area contributed by atoms with Crippen LogP contribution in [-0.2, 0) is 4.79 Å². The van der Waals surface area contributed by atoms with Crippen molar-refractivity contribution >= 4 is 40.8 Å². The molecular formula is C22H24N8O2S. The molecule has 0 spiro atoms. The molecule has 0 bridgehead atoms. The fourth-order valence-electron chi connectivity index (χ4n) is 3.71. The van der Waals surface area contributed by atoms with E-state index in [1.807, 2.05) is 64.9 Å². The Morgan fingerprint density at radius 1 is 1.27 bits per heavy atom. The quantitative estimate of drug-likeness (QED) is 0.329. The summed E-state index contributed by atoms with van der Waals surface area (Å²) < 4.78 is 1.87. The van der Waals surface area contributed by atoms with Gasteiger partial charge in [-0.3, -0.25) is 19.2 Å². The van der Waals surface area contributed by atoms with Gasteiger partial charge in [-0.1, -0.05) is 0 Å². The Morgan fingerprint density at radius 2 is 2.12 bits per heavy atom. The summed E-state index contributed by atoms with van der Waals surface area (Å²) in [5.74, 6) is 1.21. The molecule has 0 aliphatic carbocycles. The molecule has 1 fully saturated rings. The predicted octanol–water partition coefficient (Wildman–Crippen LogP) is 2.66. The Bertz CT molecular complexity index is 1270. The average Bonchev–Trinajstić information content (AvgIpc) is 3.51. The smallest absolute Gasteiger partial charge is 0.238 e. The van der Waals surface area contributed by atoms with Crippen molar-refractivity contribution in [2.24, 2.45) is 0 Å². The minimum Gasteiger partial charge on any atom is -0.392 e. The first-order valence-electron chi connectivity index (χ1n) is 10.6. The number of carbonyl (C=O) groups is 1. The van der Waals surface area contributed by atoms with Crippen molar-refractivity contribution in [3.63, 3.8) is 0 Å². The number of aromatic nitrogens is 5. The highest BCUT2D eigenvalue weighted by atomic mass is 32.2. The summed E-state index contributed by atoms with van der Waals surface area (Å²) in [7, 11) is 0. The van der Waals surface area contributed by atoms with E-state index in [1.165, 1.54) is 11.8 Å². The van der Waals surface area contributed by atoms with E-state index in [0.29, 0.717) is 23.5 Å². The number of β-amino-alcohol motifs (C(OH)–C–C–N with tert-alkyl or cyclic N) is 1. The zero-order valence-electron chi connectivity index (χ0n) is 18.0. The van der Waals surface area contributed by atoms with E-state index in [2.05, 4.69) is 30.8 Å². The first kappa shape index (κ1) is 21.4. The van der Waals surface area contributed by atoms with Crippen LogP contribution in [0.3, 0.4) is 0 Å². The van der Waals surface area contributed by atoms with Gasteiger partial charge in [-0.25, -0.2) is 4.98 Å². The summed E-state index contributed by atoms with van der Waals surface area (Å²) in [5, 5.41) is 23.5. The van der Waals surface area contributed by atoms with Crippen molar-refractivity contribution in [2.75, 3.05) is 30.3 Å². The van der Waals surface area contributed by atoms with Crippen LogP contribution in [-0.4, -0.2) is 66.2 Å². The number of aliphatic hydroxyl groups excluding tert-OH is 1. The summed E-state index contributed by atoms with van der Waals surface area (Å²) in [6.07, 6.45) is 2.28. The average molecular weight is 465 g/mol. The number of H-pyrrole nitrogens is 1. The van der Waals surface area contributed by atoms with Gasteiger partial charge in [-0.15, -0.1) is 0 Å². The van der Waals surface area contributed by atoms with Crippen LogP contribution in [0.5, 0.6) is 0 Å². The molecule has 1 aliphatic rings. The molecule has 5 rings (SSSR count). The maximum Gasteiger partial charge on any atom is 0.238 e. The van der Waals surface area contributed by atoms with Crippen LogP contribution in [0.4, 0.5) is 17.5 Å². The first-order valence-corrected chi connectivity index (χ1v) is 11.5. The molecular weight excluding hydrogens is 440 g/mol. The molecule has 1 saturated heterocycles. The van der Waals surface area contributed by atoms with Gasteiger partial charge in [0, 0.05) is 41.6 Å². The van der Waals surface area contributed by atoms with Crippen LogP contribution < -0.4 is 10.6 Å². The van der Waals surface area contributed by atoms with Gasteiger partial charge < -0.3 is 15.7 Å². The summed E-state index contributed by atoms with van der Waals surface area (Å²) in [5.41, 5.74) is 2.46. The molecule has 0 radical (unpaired) electrons. The summed E-state index contributed by atoms with van der Waals surface area (Å²) in [6, 6.07) is 13.3. The van der Waals surface area contributed by atoms with Crippen LogP contribution in [0.25, 0.3) is 5.65 Å². The Labute approximate surface area is 194 Å². The maximum atomic E-state index is 12.3. The number of aromatic amines is 1. The minimum absolute atomic E-state index is 0.0872. The lowest BCUT2D eigenvalue weighted by Gasteiger charge is -2.14. The van der Waals surface area contributed by atoms with Gasteiger partial charge in [0.2, 0.25) is 11.9 Å². The van der Waals surface area contributed by atoms with Crippen molar-refractivity contribution in [3.05, 3.63) is 54.4 Å². The molecule has 1 unspecified atom stereocenters. The lowest BCUT2D eigenvalue weighted by Crippen LogP contribution is -2.32. The number of benzene rings is 1. The number of carbonyl (C=O) groups excluding carboxylic acids is 1. The molecule has 170 valence electrons. The standard InChI is InChI=1S/C22H24N8O2S/c1-14-11-18(28-27-14)24-21-26-22(25-19-3-2-9-30(19)21)33-17-6-4-15(5-7-17)23-20(32)13-29-10-8-16(31)12-29/h2-7,9,11,16,31H,8,10,12-13H2,1H3,(H,23,32)(H2,24,25,26,27,28). The second-order valence-electron chi connectivity index (χ2n) is 7.98. The SMILES string of the molecule is Cc1cc(Nc2nc(Sc3ccc(NC(=O)CN4CCC(O)C4)cc3)nc3cccn23)n[nH]1. The number of rotatable bonds is 7. The van der Waals surface area contributed by atoms with Gasteiger partial charge >= 0.3 is 0 Å². The van der Waals surface area contributed by atoms with Crippen LogP contribution in [0.2, 0.25) is 0 Å². The molecule has 1 amide bonds. The van der Waals surface area contributed by atoms with E-state index in [1.54, 1.807) is 0 Å². The van der Waals surface area contributed by atoms with E-state index >= 15 is 0 Å². The topological polar surface area (TPSA) is 123 Å². The monoisotopic (exact) mass is 464 g/mol. The lowest BCUT2D eigenvalue weighted by atomic mass is 10.3. The van der Waals surface area contributed by atoms with Crippen molar-refractivity contribution in [3.8, 4) is 0 Å². The third-order valence-corrected chi connectivity index (χ3v) is 6.15. The van der Waals surface area contributed by atoms with Gasteiger partial charge in [0.1, 0.15) is 5.65 Å². The number of hydrogen-bond donors (Lipinski definition) is 4. The zero-order chi connectivity index (χ0) is 22.8. The number of fused-ring (bicyclic) bond motifs is 1. The molecule has 1 aromatic carbocycles. The number of nitrogens with zero attached hydrogens (tertiary/aromatic N) is 5. The van der Waals surface area contributed by atoms with E-state index in [4.69, 9.17) is 0 Å². The Balaban J connectivity index is 1.26. The highest BCUT2D eigenvalue weighted by molar-refractivity contribution is 7.99. The second-order valence-corrected chi connectivity index (χ2v) is 9.02. The molecule has 1 atom stereocenters. The third kappa shape index (κ3) is 5.16. The number of amides is 1. The first-order chi connectivity index (χ1) is 16.0. The third-order valence-electron chi connectivity index (χ3n) is 5.27. The van der Waals surface area contributed by atoms with Crippen molar-refractivity contribution in [2.45, 2.75) is 29.5 Å². The fourth-order valence-corrected chi connectivity index (χ4v) is 4.47. The summed E-state index contributed by atoms with van der Waals surface area (Å²) in [4.78, 5) is 24.5. The Kier molecular flexibility index (Phi) is 5.99. The zero-order valence-corrected chi connectivity index (χ0v) is 18.8. The molecule has 10 nitrogen and oxygen atoms in total. The Hall–Kier alpha value is -3.41. The molecule has 11 heteroatoms. The summed E-state index contributed by atoms with van der Waals surface area (Å²) in [6.45, 7) is 3.51. The molecule has 4 aromatic rings. The van der Waals surface area contributed by atoms with Gasteiger partial charge in [0.25, 0.3) is 0 Å². The maximum absolute atomic E-state index is 12.3. The number of likely N-dealkylation sites (tertiary alicyclic amines) is 1. The largest absolute Gasteiger partial charge is 0.392 e. The van der Waals surface area contributed by atoms with Crippen molar-refractivity contribution < 1.29 is 9.90 Å². The van der Waals surface area contributed by atoms with Gasteiger partial charge in [-0.05, 0) is 61.5 Å². The van der Waals surface area contributed by atoms with E-state index in [-0.39, 0.29) is 18.6 Å². The highest BCUT2D eigenvalue weighted by Gasteiger charge is 2.22.